The number of carbonyl (C=O) groups excluding carboxylic acids is 1. The fourth-order valence-electron chi connectivity index (χ4n) is 3.27. The Hall–Kier alpha value is -2.85. The summed E-state index contributed by atoms with van der Waals surface area (Å²) in [6.45, 7) is 1.29. The van der Waals surface area contributed by atoms with Crippen LogP contribution in [-0.4, -0.2) is 35.5 Å². The molecule has 0 unspecified atom stereocenters. The molecule has 4 rings (SSSR count). The third kappa shape index (κ3) is 3.81. The smallest absolute Gasteiger partial charge is 0.260 e. The van der Waals surface area contributed by atoms with Crippen molar-refractivity contribution in [3.05, 3.63) is 77.5 Å². The van der Waals surface area contributed by atoms with E-state index in [0.717, 1.165) is 11.8 Å². The van der Waals surface area contributed by atoms with E-state index in [1.54, 1.807) is 18.3 Å². The zero-order valence-electron chi connectivity index (χ0n) is 14.8. The molecule has 0 fully saturated rings. The normalized spacial score (nSPS) is 14.1. The summed E-state index contributed by atoms with van der Waals surface area (Å²) in [4.78, 5) is 18.7. The van der Waals surface area contributed by atoms with Crippen LogP contribution >= 0.6 is 11.6 Å². The fraction of sp³-hybridized carbons (Fsp3) is 0.182. The number of fused-ring (bicyclic) bond motifs is 1. The molecule has 1 aliphatic heterocycles. The molecule has 0 saturated heterocycles. The Kier molecular flexibility index (Phi) is 5.07. The van der Waals surface area contributed by atoms with Crippen LogP contribution in [0.4, 0.5) is 0 Å². The lowest BCUT2D eigenvalue weighted by atomic mass is 10.00. The number of nitrogens with zero attached hydrogens (tertiary/aromatic N) is 2. The van der Waals surface area contributed by atoms with Gasteiger partial charge in [-0.3, -0.25) is 9.78 Å². The highest BCUT2D eigenvalue weighted by molar-refractivity contribution is 6.35. The van der Waals surface area contributed by atoms with Crippen molar-refractivity contribution >= 4 is 34.0 Å². The Bertz CT molecular complexity index is 1000. The Balaban J connectivity index is 1.41. The highest BCUT2D eigenvalue weighted by Gasteiger charge is 2.19. The van der Waals surface area contributed by atoms with Gasteiger partial charge in [-0.1, -0.05) is 48.0 Å². The predicted molar refractivity (Wildman–Crippen MR) is 108 cm³/mol. The van der Waals surface area contributed by atoms with Crippen LogP contribution < -0.4 is 4.74 Å². The van der Waals surface area contributed by atoms with Crippen LogP contribution in [0.3, 0.4) is 0 Å². The van der Waals surface area contributed by atoms with Gasteiger partial charge in [-0.15, -0.1) is 0 Å². The minimum atomic E-state index is -0.0302. The molecule has 0 spiro atoms. The summed E-state index contributed by atoms with van der Waals surface area (Å²) in [6.07, 6.45) is 4.66. The lowest BCUT2D eigenvalue weighted by Gasteiger charge is -2.26. The number of hydrogen-bond acceptors (Lipinski definition) is 3. The highest BCUT2D eigenvalue weighted by atomic mass is 35.5. The molecular weight excluding hydrogens is 360 g/mol. The molecule has 2 aromatic carbocycles. The van der Waals surface area contributed by atoms with Crippen molar-refractivity contribution in [2.45, 2.75) is 6.42 Å². The van der Waals surface area contributed by atoms with E-state index in [0.29, 0.717) is 29.4 Å². The molecule has 136 valence electrons. The van der Waals surface area contributed by atoms with Crippen LogP contribution in [0.2, 0.25) is 5.02 Å². The fourth-order valence-corrected chi connectivity index (χ4v) is 3.48. The molecule has 0 N–H and O–H groups in total. The van der Waals surface area contributed by atoms with Crippen LogP contribution in [0.5, 0.6) is 5.75 Å². The van der Waals surface area contributed by atoms with Crippen molar-refractivity contribution in [3.8, 4) is 5.75 Å². The first-order valence-corrected chi connectivity index (χ1v) is 9.28. The van der Waals surface area contributed by atoms with Crippen LogP contribution in [-0.2, 0) is 4.79 Å². The minimum Gasteiger partial charge on any atom is -0.481 e. The largest absolute Gasteiger partial charge is 0.481 e. The molecule has 0 aliphatic carbocycles. The zero-order valence-corrected chi connectivity index (χ0v) is 15.5. The van der Waals surface area contributed by atoms with Crippen molar-refractivity contribution in [1.29, 1.82) is 0 Å². The third-order valence-corrected chi connectivity index (χ3v) is 5.07. The monoisotopic (exact) mass is 378 g/mol. The van der Waals surface area contributed by atoms with Gasteiger partial charge in [0.25, 0.3) is 5.91 Å². The zero-order chi connectivity index (χ0) is 18.6. The van der Waals surface area contributed by atoms with E-state index in [4.69, 9.17) is 16.3 Å². The second-order valence-corrected chi connectivity index (χ2v) is 6.83. The average Bonchev–Trinajstić information content (AvgIpc) is 2.74. The Labute approximate surface area is 163 Å². The molecule has 0 saturated carbocycles. The molecule has 0 atom stereocenters. The van der Waals surface area contributed by atoms with Crippen molar-refractivity contribution < 1.29 is 9.53 Å². The molecule has 27 heavy (non-hydrogen) atoms. The SMILES string of the molecule is O=C(COc1ccc(Cl)c2cccnc12)N1CC=C(c2ccccc2)CC1. The summed E-state index contributed by atoms with van der Waals surface area (Å²) in [7, 11) is 0. The lowest BCUT2D eigenvalue weighted by Crippen LogP contribution is -2.37. The predicted octanol–water partition coefficient (Wildman–Crippen LogP) is 4.58. The first kappa shape index (κ1) is 17.6. The van der Waals surface area contributed by atoms with Gasteiger partial charge in [-0.25, -0.2) is 0 Å². The summed E-state index contributed by atoms with van der Waals surface area (Å²) in [5, 5.41) is 1.43. The van der Waals surface area contributed by atoms with Crippen molar-refractivity contribution in [3.63, 3.8) is 0 Å². The summed E-state index contributed by atoms with van der Waals surface area (Å²) < 4.78 is 5.77. The van der Waals surface area contributed by atoms with Crippen LogP contribution in [0.15, 0.2) is 66.9 Å². The number of ether oxygens (including phenoxy) is 1. The molecule has 1 aromatic heterocycles. The number of hydrogen-bond donors (Lipinski definition) is 0. The molecular formula is C22H19ClN2O2. The van der Waals surface area contributed by atoms with E-state index >= 15 is 0 Å². The number of pyridine rings is 1. The number of amides is 1. The van der Waals surface area contributed by atoms with Gasteiger partial charge in [0.05, 0.1) is 5.02 Å². The molecule has 2 heterocycles. The second kappa shape index (κ2) is 7.80. The molecule has 1 aliphatic rings. The van der Waals surface area contributed by atoms with Crippen molar-refractivity contribution in [2.75, 3.05) is 19.7 Å². The number of benzene rings is 2. The molecule has 4 nitrogen and oxygen atoms in total. The average molecular weight is 379 g/mol. The highest BCUT2D eigenvalue weighted by Crippen LogP contribution is 2.29. The van der Waals surface area contributed by atoms with E-state index in [9.17, 15) is 4.79 Å². The standard InChI is InChI=1S/C22H19ClN2O2/c23-19-8-9-20(22-18(19)7-4-12-24-22)27-15-21(26)25-13-10-17(11-14-25)16-5-2-1-3-6-16/h1-10,12H,11,13-15H2. The maximum absolute atomic E-state index is 12.5. The van der Waals surface area contributed by atoms with Gasteiger partial charge in [-0.05, 0) is 41.8 Å². The summed E-state index contributed by atoms with van der Waals surface area (Å²) >= 11 is 6.20. The third-order valence-electron chi connectivity index (χ3n) is 4.74. The van der Waals surface area contributed by atoms with Crippen molar-refractivity contribution in [2.24, 2.45) is 0 Å². The summed E-state index contributed by atoms with van der Waals surface area (Å²) in [5.41, 5.74) is 3.18. The maximum atomic E-state index is 12.5. The van der Waals surface area contributed by atoms with Gasteiger partial charge in [0, 0.05) is 24.7 Å². The van der Waals surface area contributed by atoms with E-state index in [-0.39, 0.29) is 12.5 Å². The number of carbonyl (C=O) groups is 1. The van der Waals surface area contributed by atoms with Crippen molar-refractivity contribution in [1.82, 2.24) is 9.88 Å². The quantitative estimate of drug-likeness (QED) is 0.667. The van der Waals surface area contributed by atoms with Gasteiger partial charge in [0.15, 0.2) is 6.61 Å². The minimum absolute atomic E-state index is 0.0121. The van der Waals surface area contributed by atoms with E-state index in [1.807, 2.05) is 35.2 Å². The van der Waals surface area contributed by atoms with Gasteiger partial charge in [0.1, 0.15) is 11.3 Å². The number of halogens is 1. The number of aromatic nitrogens is 1. The molecule has 0 bridgehead atoms. The lowest BCUT2D eigenvalue weighted by molar-refractivity contribution is -0.132. The van der Waals surface area contributed by atoms with E-state index in [2.05, 4.69) is 23.2 Å². The van der Waals surface area contributed by atoms with Gasteiger partial charge < -0.3 is 9.64 Å². The topological polar surface area (TPSA) is 42.4 Å². The molecule has 5 heteroatoms. The van der Waals surface area contributed by atoms with E-state index in [1.165, 1.54) is 11.1 Å². The van der Waals surface area contributed by atoms with E-state index < -0.39 is 0 Å². The van der Waals surface area contributed by atoms with Gasteiger partial charge >= 0.3 is 0 Å². The Morgan fingerprint density at radius 3 is 2.74 bits per heavy atom. The first-order chi connectivity index (χ1) is 13.2. The molecule has 1 amide bonds. The van der Waals surface area contributed by atoms with Gasteiger partial charge in [0.2, 0.25) is 0 Å². The first-order valence-electron chi connectivity index (χ1n) is 8.90. The Morgan fingerprint density at radius 1 is 1.11 bits per heavy atom. The second-order valence-electron chi connectivity index (χ2n) is 6.42. The molecule has 0 radical (unpaired) electrons. The molecule has 3 aromatic rings. The summed E-state index contributed by atoms with van der Waals surface area (Å²) in [6, 6.07) is 17.5. The van der Waals surface area contributed by atoms with Crippen LogP contribution in [0, 0.1) is 0 Å². The van der Waals surface area contributed by atoms with Crippen LogP contribution in [0.1, 0.15) is 12.0 Å². The number of rotatable bonds is 4. The maximum Gasteiger partial charge on any atom is 0.260 e. The van der Waals surface area contributed by atoms with Gasteiger partial charge in [-0.2, -0.15) is 0 Å². The Morgan fingerprint density at radius 2 is 1.96 bits per heavy atom. The van der Waals surface area contributed by atoms with Crippen LogP contribution in [0.25, 0.3) is 16.5 Å². The summed E-state index contributed by atoms with van der Waals surface area (Å²) in [5.74, 6) is 0.540.